The van der Waals surface area contributed by atoms with Crippen molar-refractivity contribution in [2.45, 2.75) is 20.1 Å². The van der Waals surface area contributed by atoms with Crippen molar-refractivity contribution >= 4 is 11.6 Å². The molecule has 0 aliphatic carbocycles. The first-order chi connectivity index (χ1) is 9.10. The molecule has 0 bridgehead atoms. The maximum absolute atomic E-state index is 13.3. The summed E-state index contributed by atoms with van der Waals surface area (Å²) in [7, 11) is 0. The summed E-state index contributed by atoms with van der Waals surface area (Å²) in [6.45, 7) is 2.47. The molecule has 19 heavy (non-hydrogen) atoms. The van der Waals surface area contributed by atoms with Crippen LogP contribution in [-0.4, -0.2) is 0 Å². The van der Waals surface area contributed by atoms with E-state index in [4.69, 9.17) is 22.1 Å². The Balaban J connectivity index is 2.07. The second-order valence-electron chi connectivity index (χ2n) is 4.33. The van der Waals surface area contributed by atoms with Crippen LogP contribution in [0.5, 0.6) is 5.75 Å². The van der Waals surface area contributed by atoms with Crippen molar-refractivity contribution in [3.05, 3.63) is 63.9 Å². The monoisotopic (exact) mass is 279 g/mol. The van der Waals surface area contributed by atoms with Crippen molar-refractivity contribution in [2.75, 3.05) is 0 Å². The molecule has 0 atom stereocenters. The number of hydrogen-bond donors (Lipinski definition) is 1. The predicted octanol–water partition coefficient (Wildman–Crippen LogP) is 3.83. The standard InChI is InChI=1S/C15H15ClFNO/c1-10-6-13(3-4-14(10)16)19-9-11-2-5-15(17)12(7-11)8-18/h2-7H,8-9,18H2,1H3. The third kappa shape index (κ3) is 3.46. The van der Waals surface area contributed by atoms with Gasteiger partial charge in [-0.2, -0.15) is 0 Å². The van der Waals surface area contributed by atoms with E-state index in [2.05, 4.69) is 0 Å². The van der Waals surface area contributed by atoms with Crippen LogP contribution in [0.3, 0.4) is 0 Å². The second-order valence-corrected chi connectivity index (χ2v) is 4.74. The molecule has 0 spiro atoms. The minimum Gasteiger partial charge on any atom is -0.489 e. The summed E-state index contributed by atoms with van der Waals surface area (Å²) in [6.07, 6.45) is 0. The highest BCUT2D eigenvalue weighted by Gasteiger charge is 2.03. The Morgan fingerprint density at radius 1 is 1.21 bits per heavy atom. The van der Waals surface area contributed by atoms with Crippen LogP contribution >= 0.6 is 11.6 Å². The van der Waals surface area contributed by atoms with Gasteiger partial charge in [-0.15, -0.1) is 0 Å². The summed E-state index contributed by atoms with van der Waals surface area (Å²) in [6, 6.07) is 10.3. The van der Waals surface area contributed by atoms with Gasteiger partial charge in [-0.05, 0) is 48.4 Å². The second kappa shape index (κ2) is 6.04. The highest BCUT2D eigenvalue weighted by Crippen LogP contribution is 2.22. The highest BCUT2D eigenvalue weighted by atomic mass is 35.5. The summed E-state index contributed by atoms with van der Waals surface area (Å²) in [5.74, 6) is 0.453. The smallest absolute Gasteiger partial charge is 0.127 e. The fourth-order valence-electron chi connectivity index (χ4n) is 1.75. The summed E-state index contributed by atoms with van der Waals surface area (Å²) < 4.78 is 18.9. The quantitative estimate of drug-likeness (QED) is 0.923. The first-order valence-electron chi connectivity index (χ1n) is 5.96. The van der Waals surface area contributed by atoms with Gasteiger partial charge >= 0.3 is 0 Å². The number of ether oxygens (including phenoxy) is 1. The van der Waals surface area contributed by atoms with Crippen molar-refractivity contribution in [1.29, 1.82) is 0 Å². The van der Waals surface area contributed by atoms with Gasteiger partial charge in [-0.3, -0.25) is 0 Å². The van der Waals surface area contributed by atoms with Gasteiger partial charge in [0.25, 0.3) is 0 Å². The Kier molecular flexibility index (Phi) is 4.40. The van der Waals surface area contributed by atoms with E-state index in [1.807, 2.05) is 19.1 Å². The van der Waals surface area contributed by atoms with E-state index < -0.39 is 0 Å². The summed E-state index contributed by atoms with van der Waals surface area (Å²) in [5.41, 5.74) is 7.80. The lowest BCUT2D eigenvalue weighted by Gasteiger charge is -2.09. The van der Waals surface area contributed by atoms with Crippen LogP contribution in [0.1, 0.15) is 16.7 Å². The van der Waals surface area contributed by atoms with Crippen LogP contribution in [0.25, 0.3) is 0 Å². The van der Waals surface area contributed by atoms with Crippen molar-refractivity contribution in [1.82, 2.24) is 0 Å². The molecule has 0 saturated heterocycles. The molecule has 2 aromatic carbocycles. The molecular weight excluding hydrogens is 265 g/mol. The molecule has 0 amide bonds. The average Bonchev–Trinajstić information content (AvgIpc) is 2.41. The van der Waals surface area contributed by atoms with Crippen LogP contribution < -0.4 is 10.5 Å². The van der Waals surface area contributed by atoms with E-state index in [0.717, 1.165) is 16.9 Å². The molecule has 0 saturated carbocycles. The average molecular weight is 280 g/mol. The normalized spacial score (nSPS) is 10.5. The van der Waals surface area contributed by atoms with Gasteiger partial charge in [0, 0.05) is 17.1 Å². The topological polar surface area (TPSA) is 35.2 Å². The highest BCUT2D eigenvalue weighted by molar-refractivity contribution is 6.31. The Bertz CT molecular complexity index is 586. The van der Waals surface area contributed by atoms with E-state index >= 15 is 0 Å². The van der Waals surface area contributed by atoms with Crippen molar-refractivity contribution in [2.24, 2.45) is 5.73 Å². The lowest BCUT2D eigenvalue weighted by Crippen LogP contribution is -2.02. The van der Waals surface area contributed by atoms with Crippen LogP contribution in [0, 0.1) is 12.7 Å². The predicted molar refractivity (Wildman–Crippen MR) is 74.8 cm³/mol. The molecule has 2 aromatic rings. The first-order valence-corrected chi connectivity index (χ1v) is 6.34. The number of hydrogen-bond acceptors (Lipinski definition) is 2. The van der Waals surface area contributed by atoms with Gasteiger partial charge < -0.3 is 10.5 Å². The molecule has 4 heteroatoms. The minimum atomic E-state index is -0.284. The van der Waals surface area contributed by atoms with E-state index in [1.54, 1.807) is 18.2 Å². The van der Waals surface area contributed by atoms with E-state index in [0.29, 0.717) is 17.2 Å². The minimum absolute atomic E-state index is 0.180. The number of halogens is 2. The Morgan fingerprint density at radius 2 is 2.00 bits per heavy atom. The number of rotatable bonds is 4. The molecule has 0 aliphatic rings. The molecule has 0 aromatic heterocycles. The molecule has 100 valence electrons. The van der Waals surface area contributed by atoms with Gasteiger partial charge in [0.05, 0.1) is 0 Å². The molecule has 0 radical (unpaired) electrons. The van der Waals surface area contributed by atoms with Gasteiger partial charge in [-0.25, -0.2) is 4.39 Å². The third-order valence-electron chi connectivity index (χ3n) is 2.86. The van der Waals surface area contributed by atoms with Crippen molar-refractivity contribution in [3.8, 4) is 5.75 Å². The van der Waals surface area contributed by atoms with Gasteiger partial charge in [0.15, 0.2) is 0 Å². The Labute approximate surface area is 117 Å². The Morgan fingerprint density at radius 3 is 2.68 bits per heavy atom. The molecule has 2 N–H and O–H groups in total. The van der Waals surface area contributed by atoms with Gasteiger partial charge in [-0.1, -0.05) is 17.7 Å². The number of nitrogens with two attached hydrogens (primary N) is 1. The largest absolute Gasteiger partial charge is 0.489 e. The molecular formula is C15H15ClFNO. The van der Waals surface area contributed by atoms with E-state index in [1.165, 1.54) is 6.07 Å². The van der Waals surface area contributed by atoms with E-state index in [-0.39, 0.29) is 12.4 Å². The summed E-state index contributed by atoms with van der Waals surface area (Å²) >= 11 is 5.94. The lowest BCUT2D eigenvalue weighted by molar-refractivity contribution is 0.305. The van der Waals surface area contributed by atoms with Gasteiger partial charge in [0.2, 0.25) is 0 Å². The van der Waals surface area contributed by atoms with Crippen molar-refractivity contribution < 1.29 is 9.13 Å². The zero-order valence-corrected chi connectivity index (χ0v) is 11.4. The first kappa shape index (κ1) is 13.8. The molecule has 0 aliphatic heterocycles. The zero-order chi connectivity index (χ0) is 13.8. The molecule has 0 unspecified atom stereocenters. The third-order valence-corrected chi connectivity index (χ3v) is 3.29. The van der Waals surface area contributed by atoms with E-state index in [9.17, 15) is 4.39 Å². The maximum atomic E-state index is 13.3. The maximum Gasteiger partial charge on any atom is 0.127 e. The number of aryl methyl sites for hydroxylation is 1. The van der Waals surface area contributed by atoms with Gasteiger partial charge in [0.1, 0.15) is 18.2 Å². The SMILES string of the molecule is Cc1cc(OCc2ccc(F)c(CN)c2)ccc1Cl. The van der Waals surface area contributed by atoms with Crippen LogP contribution in [0.2, 0.25) is 5.02 Å². The Hall–Kier alpha value is -1.58. The lowest BCUT2D eigenvalue weighted by atomic mass is 10.1. The molecule has 2 rings (SSSR count). The summed E-state index contributed by atoms with van der Waals surface area (Å²) in [5, 5.41) is 0.708. The fourth-order valence-corrected chi connectivity index (χ4v) is 1.87. The zero-order valence-electron chi connectivity index (χ0n) is 10.6. The van der Waals surface area contributed by atoms with Crippen molar-refractivity contribution in [3.63, 3.8) is 0 Å². The number of benzene rings is 2. The van der Waals surface area contributed by atoms with Crippen LogP contribution in [0.15, 0.2) is 36.4 Å². The fraction of sp³-hybridized carbons (Fsp3) is 0.200. The summed E-state index contributed by atoms with van der Waals surface area (Å²) in [4.78, 5) is 0. The van der Waals surface area contributed by atoms with Crippen LogP contribution in [0.4, 0.5) is 4.39 Å². The van der Waals surface area contributed by atoms with Crippen LogP contribution in [-0.2, 0) is 13.2 Å². The molecule has 0 fully saturated rings. The molecule has 0 heterocycles. The molecule has 2 nitrogen and oxygen atoms in total.